The number of nitrogens with zero attached hydrogens (tertiary/aromatic N) is 3. The SMILES string of the molecule is CC1(c2ccc(C(=O)O)cc2)C(=O)N(Cc2ccc3ccc(C=NN)cc3c2)C(=O)N1Cc1ccccc1. The number of carbonyl (C=O) groups is 3. The molecule has 3 amide bonds. The fraction of sp³-hybridized carbons (Fsp3) is 0.133. The predicted octanol–water partition coefficient (Wildman–Crippen LogP) is 4.71. The first-order valence-electron chi connectivity index (χ1n) is 12.1. The van der Waals surface area contributed by atoms with Crippen molar-refractivity contribution in [3.63, 3.8) is 0 Å². The third-order valence-corrected chi connectivity index (χ3v) is 7.03. The molecule has 4 aromatic rings. The largest absolute Gasteiger partial charge is 0.478 e. The number of urea groups is 1. The van der Waals surface area contributed by atoms with E-state index in [2.05, 4.69) is 5.10 Å². The van der Waals surface area contributed by atoms with Crippen LogP contribution in [-0.4, -0.2) is 39.0 Å². The number of nitrogens with two attached hydrogens (primary N) is 1. The van der Waals surface area contributed by atoms with Gasteiger partial charge in [-0.05, 0) is 64.2 Å². The van der Waals surface area contributed by atoms with Gasteiger partial charge in [-0.1, -0.05) is 66.7 Å². The van der Waals surface area contributed by atoms with Gasteiger partial charge >= 0.3 is 12.0 Å². The van der Waals surface area contributed by atoms with E-state index in [4.69, 9.17) is 5.84 Å². The van der Waals surface area contributed by atoms with E-state index in [0.29, 0.717) is 5.56 Å². The Kier molecular flexibility index (Phi) is 6.38. The normalized spacial score (nSPS) is 17.6. The first kappa shape index (κ1) is 24.7. The van der Waals surface area contributed by atoms with E-state index < -0.39 is 17.5 Å². The number of hydrazone groups is 1. The molecule has 5 rings (SSSR count). The minimum atomic E-state index is -1.31. The average Bonchev–Trinajstić information content (AvgIpc) is 3.10. The first-order chi connectivity index (χ1) is 18.3. The van der Waals surface area contributed by atoms with Crippen molar-refractivity contribution in [2.45, 2.75) is 25.6 Å². The van der Waals surface area contributed by atoms with Gasteiger partial charge < -0.3 is 15.8 Å². The fourth-order valence-corrected chi connectivity index (χ4v) is 4.91. The lowest BCUT2D eigenvalue weighted by molar-refractivity contribution is -0.133. The number of fused-ring (bicyclic) bond motifs is 1. The van der Waals surface area contributed by atoms with E-state index in [-0.39, 0.29) is 24.6 Å². The lowest BCUT2D eigenvalue weighted by atomic mass is 9.89. The van der Waals surface area contributed by atoms with Gasteiger partial charge in [0.15, 0.2) is 0 Å². The Morgan fingerprint density at radius 1 is 0.895 bits per heavy atom. The van der Waals surface area contributed by atoms with E-state index in [1.54, 1.807) is 30.2 Å². The van der Waals surface area contributed by atoms with Crippen molar-refractivity contribution < 1.29 is 19.5 Å². The second kappa shape index (κ2) is 9.82. The average molecular weight is 507 g/mol. The Balaban J connectivity index is 1.53. The Morgan fingerprint density at radius 3 is 2.29 bits per heavy atom. The quantitative estimate of drug-likeness (QED) is 0.163. The molecular formula is C30H26N4O4. The highest BCUT2D eigenvalue weighted by molar-refractivity contribution is 6.07. The van der Waals surface area contributed by atoms with E-state index in [1.165, 1.54) is 17.0 Å². The van der Waals surface area contributed by atoms with Gasteiger partial charge in [0, 0.05) is 6.54 Å². The van der Waals surface area contributed by atoms with Crippen LogP contribution in [0.3, 0.4) is 0 Å². The van der Waals surface area contributed by atoms with Gasteiger partial charge in [-0.2, -0.15) is 5.10 Å². The molecular weight excluding hydrogens is 480 g/mol. The lowest BCUT2D eigenvalue weighted by Gasteiger charge is -2.32. The molecule has 3 N–H and O–H groups in total. The zero-order chi connectivity index (χ0) is 26.9. The van der Waals surface area contributed by atoms with Crippen LogP contribution in [0.4, 0.5) is 4.79 Å². The summed E-state index contributed by atoms with van der Waals surface area (Å²) in [6, 6.07) is 26.8. The molecule has 38 heavy (non-hydrogen) atoms. The number of carboxylic acid groups (broad SMARTS) is 1. The highest BCUT2D eigenvalue weighted by Crippen LogP contribution is 2.39. The number of benzene rings is 4. The van der Waals surface area contributed by atoms with Crippen molar-refractivity contribution in [3.05, 3.63) is 119 Å². The second-order valence-corrected chi connectivity index (χ2v) is 9.42. The molecule has 1 atom stereocenters. The molecule has 1 saturated heterocycles. The van der Waals surface area contributed by atoms with Gasteiger partial charge in [-0.15, -0.1) is 0 Å². The molecule has 0 aliphatic carbocycles. The molecule has 0 aromatic heterocycles. The molecule has 0 bridgehead atoms. The van der Waals surface area contributed by atoms with Crippen molar-refractivity contribution in [1.82, 2.24) is 9.80 Å². The molecule has 1 unspecified atom stereocenters. The van der Waals surface area contributed by atoms with Crippen LogP contribution >= 0.6 is 0 Å². The van der Waals surface area contributed by atoms with Crippen LogP contribution in [0.25, 0.3) is 10.8 Å². The van der Waals surface area contributed by atoms with E-state index in [9.17, 15) is 19.5 Å². The number of imide groups is 1. The summed E-state index contributed by atoms with van der Waals surface area (Å²) in [5, 5.41) is 14.8. The zero-order valence-corrected chi connectivity index (χ0v) is 20.7. The van der Waals surface area contributed by atoms with Crippen LogP contribution in [0.2, 0.25) is 0 Å². The Bertz CT molecular complexity index is 1570. The summed E-state index contributed by atoms with van der Waals surface area (Å²) in [4.78, 5) is 42.0. The number of hydrogen-bond acceptors (Lipinski definition) is 5. The maximum Gasteiger partial charge on any atom is 0.335 e. The standard InChI is InChI=1S/C30H26N4O4/c1-30(26-13-11-24(12-14-26)27(35)36)28(37)33(29(38)34(30)19-20-5-3-2-4-6-20)18-22-8-10-23-9-7-21(17-32-31)15-25(23)16-22/h2-17H,18-19,31H2,1H3,(H,35,36). The van der Waals surface area contributed by atoms with E-state index >= 15 is 0 Å². The number of aromatic carboxylic acids is 1. The summed E-state index contributed by atoms with van der Waals surface area (Å²) in [6.07, 6.45) is 1.56. The summed E-state index contributed by atoms with van der Waals surface area (Å²) < 4.78 is 0. The van der Waals surface area contributed by atoms with Gasteiger partial charge in [-0.25, -0.2) is 9.59 Å². The number of hydrogen-bond donors (Lipinski definition) is 2. The molecule has 1 aliphatic rings. The number of amides is 3. The van der Waals surface area contributed by atoms with Crippen LogP contribution in [0.15, 0.2) is 96.1 Å². The predicted molar refractivity (Wildman–Crippen MR) is 144 cm³/mol. The van der Waals surface area contributed by atoms with Crippen LogP contribution in [0.5, 0.6) is 0 Å². The summed E-state index contributed by atoms with van der Waals surface area (Å²) in [6.45, 7) is 2.03. The van der Waals surface area contributed by atoms with Gasteiger partial charge in [0.05, 0.1) is 18.3 Å². The van der Waals surface area contributed by atoms with Crippen molar-refractivity contribution in [1.29, 1.82) is 0 Å². The van der Waals surface area contributed by atoms with E-state index in [1.807, 2.05) is 66.7 Å². The second-order valence-electron chi connectivity index (χ2n) is 9.42. The molecule has 0 spiro atoms. The van der Waals surface area contributed by atoms with Crippen molar-refractivity contribution in [2.24, 2.45) is 10.9 Å². The minimum absolute atomic E-state index is 0.0941. The van der Waals surface area contributed by atoms with Crippen LogP contribution in [-0.2, 0) is 23.4 Å². The van der Waals surface area contributed by atoms with Crippen molar-refractivity contribution in [3.8, 4) is 0 Å². The monoisotopic (exact) mass is 506 g/mol. The molecule has 4 aromatic carbocycles. The number of rotatable bonds is 7. The third kappa shape index (κ3) is 4.37. The Hall–Kier alpha value is -4.98. The van der Waals surface area contributed by atoms with E-state index in [0.717, 1.165) is 27.5 Å². The number of carboxylic acids is 1. The van der Waals surface area contributed by atoms with Gasteiger partial charge in [0.1, 0.15) is 5.54 Å². The highest BCUT2D eigenvalue weighted by atomic mass is 16.4. The number of carbonyl (C=O) groups excluding carboxylic acids is 2. The first-order valence-corrected chi connectivity index (χ1v) is 12.1. The van der Waals surface area contributed by atoms with Crippen molar-refractivity contribution >= 4 is 34.9 Å². The molecule has 1 heterocycles. The summed E-state index contributed by atoms with van der Waals surface area (Å²) in [5.41, 5.74) is 1.86. The van der Waals surface area contributed by atoms with Crippen LogP contribution < -0.4 is 5.84 Å². The molecule has 1 aliphatic heterocycles. The van der Waals surface area contributed by atoms with Crippen LogP contribution in [0, 0.1) is 0 Å². The summed E-state index contributed by atoms with van der Waals surface area (Å²) in [5.74, 6) is 3.86. The minimum Gasteiger partial charge on any atom is -0.478 e. The lowest BCUT2D eigenvalue weighted by Crippen LogP contribution is -2.44. The van der Waals surface area contributed by atoms with Gasteiger partial charge in [0.2, 0.25) is 0 Å². The fourth-order valence-electron chi connectivity index (χ4n) is 4.91. The Morgan fingerprint density at radius 2 is 1.61 bits per heavy atom. The zero-order valence-electron chi connectivity index (χ0n) is 20.7. The van der Waals surface area contributed by atoms with Gasteiger partial charge in [0.25, 0.3) is 5.91 Å². The Labute approximate surface area is 219 Å². The summed E-state index contributed by atoms with van der Waals surface area (Å²) >= 11 is 0. The smallest absolute Gasteiger partial charge is 0.335 e. The molecule has 0 saturated carbocycles. The van der Waals surface area contributed by atoms with Gasteiger partial charge in [-0.3, -0.25) is 9.69 Å². The molecule has 190 valence electrons. The molecule has 8 heteroatoms. The maximum absolute atomic E-state index is 14.0. The maximum atomic E-state index is 14.0. The summed E-state index contributed by atoms with van der Waals surface area (Å²) in [7, 11) is 0. The van der Waals surface area contributed by atoms with Crippen molar-refractivity contribution in [2.75, 3.05) is 0 Å². The highest BCUT2D eigenvalue weighted by Gasteiger charge is 2.55. The third-order valence-electron chi connectivity index (χ3n) is 7.03. The topological polar surface area (TPSA) is 116 Å². The molecule has 8 nitrogen and oxygen atoms in total. The van der Waals surface area contributed by atoms with Crippen LogP contribution in [0.1, 0.15) is 39.5 Å². The molecule has 1 fully saturated rings. The molecule has 0 radical (unpaired) electrons.